The Labute approximate surface area is 101 Å². The van der Waals surface area contributed by atoms with E-state index in [1.165, 1.54) is 12.1 Å². The fraction of sp³-hybridized carbons (Fsp3) is 0.429. The second kappa shape index (κ2) is 6.93. The molecule has 0 saturated carbocycles. The van der Waals surface area contributed by atoms with Gasteiger partial charge in [0.05, 0.1) is 13.2 Å². The average molecular weight is 236 g/mol. The molecule has 0 amide bonds. The molecule has 2 nitrogen and oxygen atoms in total. The third-order valence-electron chi connectivity index (χ3n) is 1.92. The van der Waals surface area contributed by atoms with Gasteiger partial charge in [-0.1, -0.05) is 25.7 Å². The minimum Gasteiger partial charge on any atom is -0.493 e. The van der Waals surface area contributed by atoms with Gasteiger partial charge in [-0.25, -0.2) is 4.39 Å². The van der Waals surface area contributed by atoms with E-state index in [1.807, 2.05) is 13.8 Å². The quantitative estimate of drug-likeness (QED) is 0.814. The minimum absolute atomic E-state index is 0.0129. The highest BCUT2D eigenvalue weighted by Crippen LogP contribution is 2.16. The van der Waals surface area contributed by atoms with Gasteiger partial charge in [-0.2, -0.15) is 0 Å². The van der Waals surface area contributed by atoms with Gasteiger partial charge in [0.25, 0.3) is 0 Å². The highest BCUT2D eigenvalue weighted by Gasteiger charge is 2.01. The number of hydrogen-bond donors (Lipinski definition) is 1. The van der Waals surface area contributed by atoms with Gasteiger partial charge in [-0.15, -0.1) is 0 Å². The summed E-state index contributed by atoms with van der Waals surface area (Å²) in [4.78, 5) is 0. The van der Waals surface area contributed by atoms with Crippen molar-refractivity contribution in [2.75, 3.05) is 13.2 Å². The summed E-state index contributed by atoms with van der Waals surface area (Å²) in [5.74, 6) is 6.05. The molecule has 0 radical (unpaired) electrons. The standard InChI is InChI=1S/C14H17FO2/c1-11(2)10-17-14-8-12(5-3-4-6-16)7-13(15)9-14/h7-9,11,16H,4,6,10H2,1-2H3. The zero-order valence-corrected chi connectivity index (χ0v) is 10.2. The molecule has 0 aliphatic carbocycles. The van der Waals surface area contributed by atoms with Gasteiger partial charge in [0, 0.05) is 18.1 Å². The second-order valence-electron chi connectivity index (χ2n) is 4.16. The molecule has 0 atom stereocenters. The van der Waals surface area contributed by atoms with Crippen molar-refractivity contribution in [1.82, 2.24) is 0 Å². The molecular weight excluding hydrogens is 219 g/mol. The van der Waals surface area contributed by atoms with E-state index in [2.05, 4.69) is 11.8 Å². The number of ether oxygens (including phenoxy) is 1. The molecule has 1 aromatic rings. The van der Waals surface area contributed by atoms with Crippen LogP contribution < -0.4 is 4.74 Å². The van der Waals surface area contributed by atoms with E-state index in [1.54, 1.807) is 6.07 Å². The largest absolute Gasteiger partial charge is 0.493 e. The van der Waals surface area contributed by atoms with E-state index < -0.39 is 0 Å². The topological polar surface area (TPSA) is 29.5 Å². The van der Waals surface area contributed by atoms with Crippen LogP contribution in [-0.2, 0) is 0 Å². The van der Waals surface area contributed by atoms with Gasteiger partial charge in [0.15, 0.2) is 0 Å². The first-order valence-electron chi connectivity index (χ1n) is 5.65. The predicted molar refractivity (Wildman–Crippen MR) is 65.3 cm³/mol. The summed E-state index contributed by atoms with van der Waals surface area (Å²) in [5, 5.41) is 8.60. The molecule has 0 unspecified atom stereocenters. The van der Waals surface area contributed by atoms with Gasteiger partial charge >= 0.3 is 0 Å². The van der Waals surface area contributed by atoms with E-state index in [0.29, 0.717) is 30.3 Å². The highest BCUT2D eigenvalue weighted by molar-refractivity contribution is 5.40. The first-order chi connectivity index (χ1) is 8.11. The normalized spacial score (nSPS) is 9.94. The molecule has 1 N–H and O–H groups in total. The first kappa shape index (κ1) is 13.5. The fourth-order valence-corrected chi connectivity index (χ4v) is 1.20. The van der Waals surface area contributed by atoms with Crippen molar-refractivity contribution in [3.05, 3.63) is 29.6 Å². The summed E-state index contributed by atoms with van der Waals surface area (Å²) >= 11 is 0. The Kier molecular flexibility index (Phi) is 5.51. The van der Waals surface area contributed by atoms with Crippen LogP contribution in [-0.4, -0.2) is 18.3 Å². The Bertz CT molecular complexity index is 416. The van der Waals surface area contributed by atoms with Crippen LogP contribution in [0.5, 0.6) is 5.75 Å². The maximum absolute atomic E-state index is 13.3. The van der Waals surface area contributed by atoms with Crippen molar-refractivity contribution in [1.29, 1.82) is 0 Å². The number of benzene rings is 1. The molecule has 0 fully saturated rings. The van der Waals surface area contributed by atoms with Crippen molar-refractivity contribution in [3.63, 3.8) is 0 Å². The van der Waals surface area contributed by atoms with Crippen molar-refractivity contribution < 1.29 is 14.2 Å². The lowest BCUT2D eigenvalue weighted by Crippen LogP contribution is -2.04. The predicted octanol–water partition coefficient (Wildman–Crippen LogP) is 2.59. The molecule has 0 aromatic heterocycles. The molecule has 0 saturated heterocycles. The molecule has 92 valence electrons. The Hall–Kier alpha value is -1.53. The van der Waals surface area contributed by atoms with E-state index in [0.717, 1.165) is 0 Å². The van der Waals surface area contributed by atoms with E-state index in [9.17, 15) is 4.39 Å². The van der Waals surface area contributed by atoms with Crippen LogP contribution >= 0.6 is 0 Å². The Morgan fingerprint density at radius 3 is 2.76 bits per heavy atom. The highest BCUT2D eigenvalue weighted by atomic mass is 19.1. The third-order valence-corrected chi connectivity index (χ3v) is 1.92. The van der Waals surface area contributed by atoms with Crippen LogP contribution in [0.3, 0.4) is 0 Å². The Balaban J connectivity index is 2.76. The lowest BCUT2D eigenvalue weighted by Gasteiger charge is -2.08. The smallest absolute Gasteiger partial charge is 0.128 e. The van der Waals surface area contributed by atoms with Crippen LogP contribution in [0.15, 0.2) is 18.2 Å². The Morgan fingerprint density at radius 1 is 1.35 bits per heavy atom. The summed E-state index contributed by atoms with van der Waals surface area (Å²) in [6.07, 6.45) is 0.388. The monoisotopic (exact) mass is 236 g/mol. The lowest BCUT2D eigenvalue weighted by molar-refractivity contribution is 0.270. The summed E-state index contributed by atoms with van der Waals surface area (Å²) in [7, 11) is 0. The van der Waals surface area contributed by atoms with Crippen LogP contribution in [0.4, 0.5) is 4.39 Å². The van der Waals surface area contributed by atoms with Gasteiger partial charge in [0.1, 0.15) is 11.6 Å². The molecule has 0 aliphatic rings. The van der Waals surface area contributed by atoms with Crippen molar-refractivity contribution >= 4 is 0 Å². The lowest BCUT2D eigenvalue weighted by atomic mass is 10.2. The third kappa shape index (κ3) is 5.37. The van der Waals surface area contributed by atoms with E-state index in [4.69, 9.17) is 9.84 Å². The number of halogens is 1. The van der Waals surface area contributed by atoms with Gasteiger partial charge < -0.3 is 9.84 Å². The van der Waals surface area contributed by atoms with E-state index >= 15 is 0 Å². The number of rotatable bonds is 4. The zero-order valence-electron chi connectivity index (χ0n) is 10.2. The van der Waals surface area contributed by atoms with Crippen LogP contribution in [0.25, 0.3) is 0 Å². The molecular formula is C14H17FO2. The zero-order chi connectivity index (χ0) is 12.7. The summed E-state index contributed by atoms with van der Waals surface area (Å²) in [5.41, 5.74) is 0.567. The SMILES string of the molecule is CC(C)COc1cc(F)cc(C#CCCO)c1. The van der Waals surface area contributed by atoms with Crippen LogP contribution in [0, 0.1) is 23.6 Å². The average Bonchev–Trinajstić information content (AvgIpc) is 2.26. The minimum atomic E-state index is -0.362. The maximum Gasteiger partial charge on any atom is 0.128 e. The number of aliphatic hydroxyl groups excluding tert-OH is 1. The van der Waals surface area contributed by atoms with Gasteiger partial charge in [-0.05, 0) is 18.1 Å². The van der Waals surface area contributed by atoms with Crippen molar-refractivity contribution in [2.45, 2.75) is 20.3 Å². The summed E-state index contributed by atoms with van der Waals surface area (Å²) in [6.45, 7) is 4.62. The number of aliphatic hydroxyl groups is 1. The first-order valence-corrected chi connectivity index (χ1v) is 5.65. The number of hydrogen-bond acceptors (Lipinski definition) is 2. The van der Waals surface area contributed by atoms with Crippen molar-refractivity contribution in [3.8, 4) is 17.6 Å². The van der Waals surface area contributed by atoms with Crippen LogP contribution in [0.1, 0.15) is 25.8 Å². The molecule has 0 aliphatic heterocycles. The molecule has 1 aromatic carbocycles. The molecule has 3 heteroatoms. The van der Waals surface area contributed by atoms with Gasteiger partial charge in [-0.3, -0.25) is 0 Å². The van der Waals surface area contributed by atoms with E-state index in [-0.39, 0.29) is 12.4 Å². The summed E-state index contributed by atoms with van der Waals surface area (Å²) in [6, 6.07) is 4.40. The van der Waals surface area contributed by atoms with Crippen molar-refractivity contribution in [2.24, 2.45) is 5.92 Å². The summed E-state index contributed by atoms with van der Waals surface area (Å²) < 4.78 is 18.7. The van der Waals surface area contributed by atoms with Gasteiger partial charge in [0.2, 0.25) is 0 Å². The molecule has 0 bridgehead atoms. The van der Waals surface area contributed by atoms with Crippen LogP contribution in [0.2, 0.25) is 0 Å². The molecule has 1 rings (SSSR count). The second-order valence-corrected chi connectivity index (χ2v) is 4.16. The molecule has 0 spiro atoms. The molecule has 17 heavy (non-hydrogen) atoms. The maximum atomic E-state index is 13.3. The Morgan fingerprint density at radius 2 is 2.12 bits per heavy atom. The molecule has 0 heterocycles. The fourth-order valence-electron chi connectivity index (χ4n) is 1.20.